The molecule has 4 nitrogen and oxygen atoms in total. The number of hydrogen-bond donors (Lipinski definition) is 2. The normalized spacial score (nSPS) is 11.4. The topological polar surface area (TPSA) is 67.8 Å². The van der Waals surface area contributed by atoms with Crippen LogP contribution in [0.4, 0.5) is 0 Å². The van der Waals surface area contributed by atoms with Gasteiger partial charge >= 0.3 is 0 Å². The van der Waals surface area contributed by atoms with Gasteiger partial charge in [-0.05, 0) is 43.7 Å². The van der Waals surface area contributed by atoms with Crippen LogP contribution in [0.25, 0.3) is 0 Å². The lowest BCUT2D eigenvalue weighted by Gasteiger charge is -2.13. The fourth-order valence-corrected chi connectivity index (χ4v) is 2.22. The lowest BCUT2D eigenvalue weighted by atomic mass is 10.1. The molecule has 0 radical (unpaired) electrons. The van der Waals surface area contributed by atoms with E-state index in [1.807, 2.05) is 38.1 Å². The van der Waals surface area contributed by atoms with Crippen molar-refractivity contribution >= 4 is 21.8 Å². The minimum Gasteiger partial charge on any atom is -0.456 e. The van der Waals surface area contributed by atoms with E-state index in [2.05, 4.69) is 21.1 Å². The third-order valence-electron chi connectivity index (χ3n) is 2.88. The number of nitrogens with zero attached hydrogens (tertiary/aromatic N) is 1. The molecule has 0 unspecified atom stereocenters. The number of benzene rings is 2. The number of aryl methyl sites for hydroxylation is 2. The average molecular weight is 335 g/mol. The fraction of sp³-hybridized carbons (Fsp3) is 0.133. The number of amidine groups is 1. The molecule has 20 heavy (non-hydrogen) atoms. The maximum atomic E-state index is 8.83. The Hall–Kier alpha value is -2.01. The van der Waals surface area contributed by atoms with Crippen LogP contribution in [-0.4, -0.2) is 11.0 Å². The molecule has 2 rings (SSSR count). The number of rotatable bonds is 3. The number of hydrogen-bond acceptors (Lipinski definition) is 3. The summed E-state index contributed by atoms with van der Waals surface area (Å²) in [4.78, 5) is 0. The number of nitrogens with two attached hydrogens (primary N) is 1. The zero-order chi connectivity index (χ0) is 14.7. The fourth-order valence-electron chi connectivity index (χ4n) is 1.88. The zero-order valence-corrected chi connectivity index (χ0v) is 12.8. The molecule has 0 fully saturated rings. The second-order valence-corrected chi connectivity index (χ2v) is 5.41. The molecular weight excluding hydrogens is 320 g/mol. The second kappa shape index (κ2) is 5.96. The zero-order valence-electron chi connectivity index (χ0n) is 11.2. The van der Waals surface area contributed by atoms with Crippen LogP contribution in [0.5, 0.6) is 11.5 Å². The molecule has 2 aromatic rings. The van der Waals surface area contributed by atoms with E-state index in [1.54, 1.807) is 12.1 Å². The third kappa shape index (κ3) is 3.11. The summed E-state index contributed by atoms with van der Waals surface area (Å²) < 4.78 is 6.75. The summed E-state index contributed by atoms with van der Waals surface area (Å²) in [6.45, 7) is 4.00. The van der Waals surface area contributed by atoms with E-state index in [-0.39, 0.29) is 5.84 Å². The number of halogens is 1. The quantitative estimate of drug-likeness (QED) is 0.386. The molecule has 2 aromatic carbocycles. The first-order valence-corrected chi connectivity index (χ1v) is 6.83. The highest BCUT2D eigenvalue weighted by Crippen LogP contribution is 2.30. The Morgan fingerprint density at radius 3 is 2.55 bits per heavy atom. The summed E-state index contributed by atoms with van der Waals surface area (Å²) in [5.41, 5.74) is 8.39. The molecule has 0 aliphatic carbocycles. The Balaban J connectivity index is 2.44. The smallest absolute Gasteiger partial charge is 0.173 e. The predicted molar refractivity (Wildman–Crippen MR) is 82.6 cm³/mol. The van der Waals surface area contributed by atoms with Crippen LogP contribution in [0.15, 0.2) is 46.0 Å². The lowest BCUT2D eigenvalue weighted by molar-refractivity contribution is 0.318. The van der Waals surface area contributed by atoms with E-state index >= 15 is 0 Å². The van der Waals surface area contributed by atoms with Crippen LogP contribution in [0.1, 0.15) is 16.7 Å². The Morgan fingerprint density at radius 2 is 1.90 bits per heavy atom. The molecule has 0 bridgehead atoms. The Kier molecular flexibility index (Phi) is 4.29. The van der Waals surface area contributed by atoms with Gasteiger partial charge in [0.05, 0.1) is 5.56 Å². The molecule has 0 spiro atoms. The van der Waals surface area contributed by atoms with Crippen LogP contribution in [0.3, 0.4) is 0 Å². The molecule has 5 heteroatoms. The molecule has 0 heterocycles. The van der Waals surface area contributed by atoms with E-state index in [4.69, 9.17) is 15.7 Å². The minimum atomic E-state index is 0.0114. The van der Waals surface area contributed by atoms with Gasteiger partial charge in [0.15, 0.2) is 5.84 Å². The standard InChI is InChI=1S/C15H15BrN2O2/c1-9-3-6-13(10(2)7-9)20-14-8-11(16)4-5-12(14)15(17)18-19/h3-8,19H,1-2H3,(H2,17,18). The maximum absolute atomic E-state index is 8.83. The molecule has 3 N–H and O–H groups in total. The summed E-state index contributed by atoms with van der Waals surface area (Å²) in [6.07, 6.45) is 0. The largest absolute Gasteiger partial charge is 0.456 e. The van der Waals surface area contributed by atoms with Gasteiger partial charge in [0.2, 0.25) is 0 Å². The highest BCUT2D eigenvalue weighted by Gasteiger charge is 2.11. The van der Waals surface area contributed by atoms with E-state index < -0.39 is 0 Å². The summed E-state index contributed by atoms with van der Waals surface area (Å²) in [5.74, 6) is 1.28. The van der Waals surface area contributed by atoms with Crippen molar-refractivity contribution in [2.24, 2.45) is 10.9 Å². The maximum Gasteiger partial charge on any atom is 0.173 e. The highest BCUT2D eigenvalue weighted by molar-refractivity contribution is 9.10. The van der Waals surface area contributed by atoms with Gasteiger partial charge in [-0.2, -0.15) is 0 Å². The van der Waals surface area contributed by atoms with Gasteiger partial charge in [-0.1, -0.05) is 38.8 Å². The van der Waals surface area contributed by atoms with Crippen LogP contribution < -0.4 is 10.5 Å². The molecule has 0 saturated carbocycles. The van der Waals surface area contributed by atoms with E-state index in [0.717, 1.165) is 15.8 Å². The summed E-state index contributed by atoms with van der Waals surface area (Å²) >= 11 is 3.39. The van der Waals surface area contributed by atoms with Gasteiger partial charge in [-0.15, -0.1) is 0 Å². The molecule has 0 aliphatic rings. The molecule has 0 amide bonds. The van der Waals surface area contributed by atoms with Crippen molar-refractivity contribution in [3.63, 3.8) is 0 Å². The van der Waals surface area contributed by atoms with E-state index in [0.29, 0.717) is 11.3 Å². The first-order chi connectivity index (χ1) is 9.51. The molecule has 0 atom stereocenters. The monoisotopic (exact) mass is 334 g/mol. The van der Waals surface area contributed by atoms with Crippen molar-refractivity contribution in [1.29, 1.82) is 0 Å². The van der Waals surface area contributed by atoms with Crippen LogP contribution in [-0.2, 0) is 0 Å². The molecule has 0 aromatic heterocycles. The molecule has 0 saturated heterocycles. The molecule has 104 valence electrons. The number of oxime groups is 1. The van der Waals surface area contributed by atoms with Crippen LogP contribution in [0, 0.1) is 13.8 Å². The SMILES string of the molecule is Cc1ccc(Oc2cc(Br)ccc2/C(N)=N/O)c(C)c1. The third-order valence-corrected chi connectivity index (χ3v) is 3.37. The summed E-state index contributed by atoms with van der Waals surface area (Å²) in [6, 6.07) is 11.2. The first kappa shape index (κ1) is 14.4. The first-order valence-electron chi connectivity index (χ1n) is 6.04. The van der Waals surface area contributed by atoms with Crippen molar-refractivity contribution in [2.45, 2.75) is 13.8 Å². The van der Waals surface area contributed by atoms with Crippen molar-refractivity contribution in [3.05, 3.63) is 57.6 Å². The van der Waals surface area contributed by atoms with E-state index in [9.17, 15) is 0 Å². The Morgan fingerprint density at radius 1 is 1.15 bits per heavy atom. The van der Waals surface area contributed by atoms with Crippen molar-refractivity contribution in [2.75, 3.05) is 0 Å². The van der Waals surface area contributed by atoms with Gasteiger partial charge in [-0.3, -0.25) is 0 Å². The van der Waals surface area contributed by atoms with Crippen LogP contribution in [0.2, 0.25) is 0 Å². The summed E-state index contributed by atoms with van der Waals surface area (Å²) in [5, 5.41) is 11.9. The number of ether oxygens (including phenoxy) is 1. The minimum absolute atomic E-state index is 0.0114. The van der Waals surface area contributed by atoms with Gasteiger partial charge in [-0.25, -0.2) is 0 Å². The van der Waals surface area contributed by atoms with E-state index in [1.165, 1.54) is 5.56 Å². The Bertz CT molecular complexity index is 669. The van der Waals surface area contributed by atoms with Crippen molar-refractivity contribution < 1.29 is 9.94 Å². The van der Waals surface area contributed by atoms with Gasteiger partial charge in [0, 0.05) is 4.47 Å². The van der Waals surface area contributed by atoms with Gasteiger partial charge in [0.1, 0.15) is 11.5 Å². The lowest BCUT2D eigenvalue weighted by Crippen LogP contribution is -2.14. The Labute approximate surface area is 126 Å². The second-order valence-electron chi connectivity index (χ2n) is 4.50. The highest BCUT2D eigenvalue weighted by atomic mass is 79.9. The summed E-state index contributed by atoms with van der Waals surface area (Å²) in [7, 11) is 0. The van der Waals surface area contributed by atoms with Gasteiger partial charge in [0.25, 0.3) is 0 Å². The van der Waals surface area contributed by atoms with Crippen molar-refractivity contribution in [1.82, 2.24) is 0 Å². The predicted octanol–water partition coefficient (Wildman–Crippen LogP) is 3.95. The van der Waals surface area contributed by atoms with Crippen LogP contribution >= 0.6 is 15.9 Å². The molecule has 0 aliphatic heterocycles. The van der Waals surface area contributed by atoms with Crippen molar-refractivity contribution in [3.8, 4) is 11.5 Å². The molecular formula is C15H15BrN2O2. The average Bonchev–Trinajstić information content (AvgIpc) is 2.41. The van der Waals surface area contributed by atoms with Gasteiger partial charge < -0.3 is 15.7 Å².